The number of carbonyl (C=O) groups is 5. The lowest BCUT2D eigenvalue weighted by atomic mass is 10.0. The van der Waals surface area contributed by atoms with Crippen LogP contribution in [0.2, 0.25) is 0 Å². The third-order valence-electron chi connectivity index (χ3n) is 6.11. The summed E-state index contributed by atoms with van der Waals surface area (Å²) in [6.07, 6.45) is 1.23. The maximum Gasteiger partial charge on any atom is 0.326 e. The number of nitrogens with zero attached hydrogens (tertiary/aromatic N) is 1. The van der Waals surface area contributed by atoms with Crippen LogP contribution in [-0.2, 0) is 30.4 Å². The van der Waals surface area contributed by atoms with Crippen LogP contribution in [0.4, 0.5) is 0 Å². The van der Waals surface area contributed by atoms with Crippen molar-refractivity contribution in [2.45, 2.75) is 56.3 Å². The van der Waals surface area contributed by atoms with Gasteiger partial charge in [0.15, 0.2) is 5.96 Å². The molecule has 16 heteroatoms. The molecular formula is C25H36N8O8. The maximum atomic E-state index is 13.0. The number of H-pyrrole nitrogens is 1. The third-order valence-corrected chi connectivity index (χ3v) is 6.11. The predicted molar refractivity (Wildman–Crippen MR) is 147 cm³/mol. The zero-order valence-corrected chi connectivity index (χ0v) is 22.2. The number of benzene rings is 1. The molecule has 4 unspecified atom stereocenters. The van der Waals surface area contributed by atoms with Crippen molar-refractivity contribution in [1.82, 2.24) is 20.9 Å². The van der Waals surface area contributed by atoms with Crippen molar-refractivity contribution in [3.05, 3.63) is 36.0 Å². The molecule has 0 aliphatic heterocycles. The third kappa shape index (κ3) is 10.4. The fraction of sp³-hybridized carbons (Fsp3) is 0.440. The summed E-state index contributed by atoms with van der Waals surface area (Å²) in [6, 6.07) is 1.81. The minimum atomic E-state index is -1.55. The number of aliphatic imine (C=N–C) groups is 1. The van der Waals surface area contributed by atoms with E-state index in [0.29, 0.717) is 5.56 Å². The van der Waals surface area contributed by atoms with Gasteiger partial charge < -0.3 is 53.5 Å². The lowest BCUT2D eigenvalue weighted by molar-refractivity contribution is -0.142. The highest BCUT2D eigenvalue weighted by Gasteiger charge is 2.30. The van der Waals surface area contributed by atoms with Gasteiger partial charge in [0.25, 0.3) is 0 Å². The molecule has 2 rings (SSSR count). The van der Waals surface area contributed by atoms with Crippen LogP contribution in [0.5, 0.6) is 0 Å². The lowest BCUT2D eigenvalue weighted by Gasteiger charge is -2.24. The molecule has 0 fully saturated rings. The highest BCUT2D eigenvalue weighted by molar-refractivity contribution is 5.94. The van der Waals surface area contributed by atoms with Crippen molar-refractivity contribution >= 4 is 46.5 Å². The molecule has 1 aromatic heterocycles. The van der Waals surface area contributed by atoms with Crippen molar-refractivity contribution < 1.29 is 39.3 Å². The fourth-order valence-electron chi connectivity index (χ4n) is 3.92. The van der Waals surface area contributed by atoms with Gasteiger partial charge >= 0.3 is 11.9 Å². The van der Waals surface area contributed by atoms with Crippen LogP contribution in [0.3, 0.4) is 0 Å². The number of hydrogen-bond donors (Lipinski definition) is 10. The Bertz CT molecular complexity index is 1260. The summed E-state index contributed by atoms with van der Waals surface area (Å²) in [6.45, 7) is -0.755. The van der Waals surface area contributed by atoms with Crippen LogP contribution < -0.4 is 33.2 Å². The highest BCUT2D eigenvalue weighted by atomic mass is 16.4. The number of aliphatic hydroxyl groups excluding tert-OH is 1. The van der Waals surface area contributed by atoms with Crippen molar-refractivity contribution in [3.63, 3.8) is 0 Å². The van der Waals surface area contributed by atoms with Gasteiger partial charge in [-0.05, 0) is 30.9 Å². The Morgan fingerprint density at radius 2 is 1.54 bits per heavy atom. The SMILES string of the molecule is NC(N)=NCCCC(NC(=O)C(N)CCC(=O)O)C(=O)NC(CO)C(=O)NC(Cc1c[nH]c2ccccc12)C(=O)O. The molecule has 16 nitrogen and oxygen atoms in total. The maximum absolute atomic E-state index is 13.0. The van der Waals surface area contributed by atoms with Gasteiger partial charge in [-0.25, -0.2) is 4.79 Å². The number of hydrogen-bond acceptors (Lipinski definition) is 8. The number of carbonyl (C=O) groups excluding carboxylic acids is 3. The molecule has 3 amide bonds. The number of amides is 3. The second-order valence-corrected chi connectivity index (χ2v) is 9.26. The van der Waals surface area contributed by atoms with E-state index >= 15 is 0 Å². The first-order valence-corrected chi connectivity index (χ1v) is 12.8. The van der Waals surface area contributed by atoms with Gasteiger partial charge in [0.2, 0.25) is 17.7 Å². The molecule has 13 N–H and O–H groups in total. The van der Waals surface area contributed by atoms with E-state index in [9.17, 15) is 34.2 Å². The number of nitrogens with two attached hydrogens (primary N) is 3. The molecule has 0 bridgehead atoms. The summed E-state index contributed by atoms with van der Waals surface area (Å²) in [4.78, 5) is 67.9. The van der Waals surface area contributed by atoms with E-state index in [1.807, 2.05) is 12.1 Å². The first kappa shape index (κ1) is 32.5. The Morgan fingerprint density at radius 3 is 2.17 bits per heavy atom. The Hall–Kier alpha value is -4.70. The van der Waals surface area contributed by atoms with Crippen molar-refractivity contribution in [2.75, 3.05) is 13.2 Å². The van der Waals surface area contributed by atoms with Gasteiger partial charge in [0.1, 0.15) is 18.1 Å². The summed E-state index contributed by atoms with van der Waals surface area (Å²) >= 11 is 0. The van der Waals surface area contributed by atoms with Crippen LogP contribution in [0, 0.1) is 0 Å². The molecule has 0 aliphatic rings. The van der Waals surface area contributed by atoms with E-state index in [0.717, 1.165) is 10.9 Å². The molecule has 2 aromatic rings. The Morgan fingerprint density at radius 1 is 0.902 bits per heavy atom. The van der Waals surface area contributed by atoms with Crippen LogP contribution in [-0.4, -0.2) is 93.2 Å². The van der Waals surface area contributed by atoms with Crippen molar-refractivity contribution in [2.24, 2.45) is 22.2 Å². The smallest absolute Gasteiger partial charge is 0.326 e. The highest BCUT2D eigenvalue weighted by Crippen LogP contribution is 2.19. The number of para-hydroxylation sites is 1. The standard InChI is InChI=1S/C25H36N8O8/c26-15(7-8-20(35)36)21(37)31-17(6-3-9-29-25(27)28)22(38)33-19(12-34)23(39)32-18(24(40)41)10-13-11-30-16-5-2-1-4-14(13)16/h1-2,4-5,11,15,17-19,30,34H,3,6-10,12,26H2,(H,31,37)(H,32,39)(H,33,38)(H,35,36)(H,40,41)(H4,27,28,29). The van der Waals surface area contributed by atoms with E-state index in [2.05, 4.69) is 25.9 Å². The largest absolute Gasteiger partial charge is 0.481 e. The second kappa shape index (κ2) is 15.8. The van der Waals surface area contributed by atoms with Crippen LogP contribution in [0.1, 0.15) is 31.2 Å². The number of aliphatic hydroxyl groups is 1. The molecule has 41 heavy (non-hydrogen) atoms. The first-order chi connectivity index (χ1) is 19.4. The zero-order chi connectivity index (χ0) is 30.5. The summed E-state index contributed by atoms with van der Waals surface area (Å²) in [7, 11) is 0. The number of aromatic amines is 1. The normalized spacial score (nSPS) is 13.8. The number of guanidine groups is 1. The van der Waals surface area contributed by atoms with Gasteiger partial charge in [-0.15, -0.1) is 0 Å². The number of rotatable bonds is 17. The Labute approximate surface area is 234 Å². The molecule has 1 heterocycles. The average molecular weight is 577 g/mol. The zero-order valence-electron chi connectivity index (χ0n) is 22.2. The molecule has 0 spiro atoms. The number of nitrogens with one attached hydrogen (secondary N) is 4. The Balaban J connectivity index is 2.10. The van der Waals surface area contributed by atoms with E-state index < -0.39 is 60.4 Å². The molecule has 0 saturated carbocycles. The Kier molecular flexibility index (Phi) is 12.5. The van der Waals surface area contributed by atoms with E-state index in [-0.39, 0.29) is 44.6 Å². The average Bonchev–Trinajstić information content (AvgIpc) is 3.33. The second-order valence-electron chi connectivity index (χ2n) is 9.26. The first-order valence-electron chi connectivity index (χ1n) is 12.8. The topological polar surface area (TPSA) is 288 Å². The molecule has 0 radical (unpaired) electrons. The summed E-state index contributed by atoms with van der Waals surface area (Å²) in [5.41, 5.74) is 17.7. The quantitative estimate of drug-likeness (QED) is 0.0533. The minimum Gasteiger partial charge on any atom is -0.481 e. The number of aliphatic carboxylic acids is 2. The van der Waals surface area contributed by atoms with Gasteiger partial charge in [-0.2, -0.15) is 0 Å². The van der Waals surface area contributed by atoms with E-state index in [4.69, 9.17) is 22.3 Å². The minimum absolute atomic E-state index is 0.00190. The summed E-state index contributed by atoms with van der Waals surface area (Å²) in [5, 5.41) is 36.2. The molecule has 1 aromatic carbocycles. The number of fused-ring (bicyclic) bond motifs is 1. The van der Waals surface area contributed by atoms with Gasteiger partial charge in [0, 0.05) is 36.5 Å². The van der Waals surface area contributed by atoms with Gasteiger partial charge in [0.05, 0.1) is 12.6 Å². The monoisotopic (exact) mass is 576 g/mol. The van der Waals surface area contributed by atoms with Crippen LogP contribution in [0.25, 0.3) is 10.9 Å². The van der Waals surface area contributed by atoms with E-state index in [1.165, 1.54) is 0 Å². The molecule has 0 saturated heterocycles. The molecule has 0 aliphatic carbocycles. The summed E-state index contributed by atoms with van der Waals surface area (Å²) < 4.78 is 0. The van der Waals surface area contributed by atoms with E-state index in [1.54, 1.807) is 18.3 Å². The predicted octanol–water partition coefficient (Wildman–Crippen LogP) is -2.51. The molecule has 4 atom stereocenters. The van der Waals surface area contributed by atoms with Gasteiger partial charge in [-0.3, -0.25) is 24.2 Å². The van der Waals surface area contributed by atoms with Gasteiger partial charge in [-0.1, -0.05) is 18.2 Å². The van der Waals surface area contributed by atoms with Crippen molar-refractivity contribution in [3.8, 4) is 0 Å². The number of aromatic nitrogens is 1. The summed E-state index contributed by atoms with van der Waals surface area (Å²) in [5.74, 6) is -5.29. The lowest BCUT2D eigenvalue weighted by Crippen LogP contribution is -2.58. The van der Waals surface area contributed by atoms with Crippen LogP contribution >= 0.6 is 0 Å². The number of carboxylic acids is 2. The van der Waals surface area contributed by atoms with Crippen molar-refractivity contribution in [1.29, 1.82) is 0 Å². The molecule has 224 valence electrons. The van der Waals surface area contributed by atoms with Crippen LogP contribution in [0.15, 0.2) is 35.5 Å². The fourth-order valence-corrected chi connectivity index (χ4v) is 3.92. The molecular weight excluding hydrogens is 540 g/mol. The number of carboxylic acid groups (broad SMARTS) is 2.